The quantitative estimate of drug-likeness (QED) is 0.179. The topological polar surface area (TPSA) is 74.8 Å². The summed E-state index contributed by atoms with van der Waals surface area (Å²) in [5.41, 5.74) is 0.645. The lowest BCUT2D eigenvalue weighted by Gasteiger charge is -2.21. The van der Waals surface area contributed by atoms with Crippen LogP contribution in [0.3, 0.4) is 0 Å². The fourth-order valence-corrected chi connectivity index (χ4v) is 2.70. The highest BCUT2D eigenvalue weighted by Gasteiger charge is 2.13. The van der Waals surface area contributed by atoms with Crippen molar-refractivity contribution in [2.45, 2.75) is 33.3 Å². The minimum Gasteiger partial charge on any atom is -0.378 e. The van der Waals surface area contributed by atoms with E-state index < -0.39 is 0 Å². The lowest BCUT2D eigenvalue weighted by Crippen LogP contribution is -2.42. The second-order valence-electron chi connectivity index (χ2n) is 6.22. The molecule has 1 atom stereocenters. The van der Waals surface area contributed by atoms with Crippen molar-refractivity contribution in [1.29, 1.82) is 0 Å². The Bertz CT molecular complexity index is 567. The summed E-state index contributed by atoms with van der Waals surface area (Å²) >= 11 is 3.36. The van der Waals surface area contributed by atoms with Gasteiger partial charge < -0.3 is 20.7 Å². The molecule has 0 aromatic heterocycles. The summed E-state index contributed by atoms with van der Waals surface area (Å²) in [6.07, 6.45) is 1.17. The highest BCUT2D eigenvalue weighted by molar-refractivity contribution is 14.0. The van der Waals surface area contributed by atoms with Crippen LogP contribution in [0.1, 0.15) is 37.6 Å². The molecule has 0 radical (unpaired) electrons. The minimum atomic E-state index is -0.0845. The van der Waals surface area contributed by atoms with Crippen LogP contribution >= 0.6 is 39.9 Å². The third-order valence-electron chi connectivity index (χ3n) is 3.88. The van der Waals surface area contributed by atoms with Crippen molar-refractivity contribution in [1.82, 2.24) is 16.0 Å². The van der Waals surface area contributed by atoms with Crippen LogP contribution in [-0.4, -0.2) is 51.3 Å². The summed E-state index contributed by atoms with van der Waals surface area (Å²) in [4.78, 5) is 16.2. The van der Waals surface area contributed by atoms with Gasteiger partial charge in [-0.1, -0.05) is 29.8 Å². The summed E-state index contributed by atoms with van der Waals surface area (Å²) in [5.74, 6) is 1.13. The minimum absolute atomic E-state index is 0. The molecule has 8 heteroatoms. The number of amides is 1. The zero-order valence-corrected chi connectivity index (χ0v) is 20.5. The average Bonchev–Trinajstić information content (AvgIpc) is 2.63. The van der Waals surface area contributed by atoms with Gasteiger partial charge in [0.25, 0.3) is 5.91 Å². The molecule has 6 nitrogen and oxygen atoms in total. The second kappa shape index (κ2) is 15.1. The van der Waals surface area contributed by atoms with Crippen LogP contribution in [0, 0.1) is 5.92 Å². The smallest absolute Gasteiger partial charge is 0.251 e. The number of carbonyl (C=O) groups is 1. The van der Waals surface area contributed by atoms with Crippen molar-refractivity contribution < 1.29 is 9.53 Å². The second-order valence-corrected chi connectivity index (χ2v) is 7.13. The van der Waals surface area contributed by atoms with Gasteiger partial charge in [-0.15, -0.1) is 24.0 Å². The van der Waals surface area contributed by atoms with Crippen LogP contribution in [0.2, 0.25) is 0 Å². The van der Waals surface area contributed by atoms with E-state index in [0.29, 0.717) is 24.6 Å². The number of benzene rings is 1. The van der Waals surface area contributed by atoms with E-state index in [2.05, 4.69) is 50.7 Å². The molecule has 1 amide bonds. The Kier molecular flexibility index (Phi) is 14.6. The molecule has 0 spiro atoms. The van der Waals surface area contributed by atoms with Gasteiger partial charge in [-0.05, 0) is 43.5 Å². The number of nitrogens with zero attached hydrogens (tertiary/aromatic N) is 1. The molecule has 0 aliphatic rings. The largest absolute Gasteiger partial charge is 0.378 e. The number of hydrogen-bond acceptors (Lipinski definition) is 3. The van der Waals surface area contributed by atoms with Crippen LogP contribution < -0.4 is 16.0 Å². The summed E-state index contributed by atoms with van der Waals surface area (Å²) in [6, 6.07) is 7.28. The van der Waals surface area contributed by atoms with E-state index in [1.807, 2.05) is 19.1 Å². The lowest BCUT2D eigenvalue weighted by molar-refractivity contribution is 0.0258. The third kappa shape index (κ3) is 10.9. The molecule has 154 valence electrons. The number of hydrogen-bond donors (Lipinski definition) is 3. The van der Waals surface area contributed by atoms with Crippen LogP contribution in [0.25, 0.3) is 0 Å². The number of halogens is 2. The van der Waals surface area contributed by atoms with Crippen molar-refractivity contribution >= 4 is 51.8 Å². The monoisotopic (exact) mass is 554 g/mol. The van der Waals surface area contributed by atoms with Crippen molar-refractivity contribution in [2.24, 2.45) is 10.9 Å². The molecule has 0 heterocycles. The number of ether oxygens (including phenoxy) is 1. The number of nitrogens with one attached hydrogen (secondary N) is 3. The van der Waals surface area contributed by atoms with E-state index >= 15 is 0 Å². The molecular formula is C19H32BrIN4O2. The van der Waals surface area contributed by atoms with Gasteiger partial charge in [0.05, 0.1) is 6.10 Å². The van der Waals surface area contributed by atoms with Gasteiger partial charge in [-0.25, -0.2) is 0 Å². The van der Waals surface area contributed by atoms with Crippen LogP contribution in [0.15, 0.2) is 33.7 Å². The zero-order chi connectivity index (χ0) is 19.4. The maximum atomic E-state index is 12.0. The van der Waals surface area contributed by atoms with Gasteiger partial charge in [0, 0.05) is 43.3 Å². The predicted molar refractivity (Wildman–Crippen MR) is 126 cm³/mol. The average molecular weight is 555 g/mol. The van der Waals surface area contributed by atoms with E-state index in [1.165, 1.54) is 0 Å². The molecule has 1 rings (SSSR count). The van der Waals surface area contributed by atoms with Crippen LogP contribution in [-0.2, 0) is 4.74 Å². The Morgan fingerprint density at radius 3 is 2.26 bits per heavy atom. The van der Waals surface area contributed by atoms with Gasteiger partial charge in [-0.2, -0.15) is 0 Å². The number of aliphatic imine (C=N–C) groups is 1. The number of rotatable bonds is 10. The van der Waals surface area contributed by atoms with E-state index in [9.17, 15) is 4.79 Å². The SMILES string of the molecule is CCOC(CCNC(=NC)NCCNC(=O)c1ccc(Br)cc1)C(C)C.I. The normalized spacial score (nSPS) is 12.3. The van der Waals surface area contributed by atoms with Gasteiger partial charge in [0.1, 0.15) is 0 Å². The highest BCUT2D eigenvalue weighted by atomic mass is 127. The van der Waals surface area contributed by atoms with Crippen molar-refractivity contribution in [3.8, 4) is 0 Å². The molecule has 0 saturated carbocycles. The van der Waals surface area contributed by atoms with Crippen molar-refractivity contribution in [3.05, 3.63) is 34.3 Å². The summed E-state index contributed by atoms with van der Waals surface area (Å²) in [6.45, 7) is 8.99. The zero-order valence-electron chi connectivity index (χ0n) is 16.5. The third-order valence-corrected chi connectivity index (χ3v) is 4.41. The molecule has 1 unspecified atom stereocenters. The van der Waals surface area contributed by atoms with E-state index in [0.717, 1.165) is 30.0 Å². The molecule has 27 heavy (non-hydrogen) atoms. The van der Waals surface area contributed by atoms with Crippen molar-refractivity contribution in [3.63, 3.8) is 0 Å². The Morgan fingerprint density at radius 2 is 1.70 bits per heavy atom. The summed E-state index contributed by atoms with van der Waals surface area (Å²) < 4.78 is 6.70. The molecule has 1 aromatic carbocycles. The first-order chi connectivity index (χ1) is 12.5. The standard InChI is InChI=1S/C19H31BrN4O2.HI/c1-5-26-17(14(2)3)10-11-23-19(21-4)24-13-12-22-18(25)15-6-8-16(20)9-7-15;/h6-9,14,17H,5,10-13H2,1-4H3,(H,22,25)(H2,21,23,24);1H. The summed E-state index contributed by atoms with van der Waals surface area (Å²) in [5, 5.41) is 9.36. The summed E-state index contributed by atoms with van der Waals surface area (Å²) in [7, 11) is 1.73. The van der Waals surface area contributed by atoms with E-state index in [-0.39, 0.29) is 36.0 Å². The molecule has 0 aliphatic carbocycles. The van der Waals surface area contributed by atoms with Crippen LogP contribution in [0.4, 0.5) is 0 Å². The molecule has 1 aromatic rings. The Labute approximate surface area is 188 Å². The number of carbonyl (C=O) groups excluding carboxylic acids is 1. The molecule has 0 aliphatic heterocycles. The van der Waals surface area contributed by atoms with E-state index in [4.69, 9.17) is 4.74 Å². The first-order valence-electron chi connectivity index (χ1n) is 9.07. The maximum Gasteiger partial charge on any atom is 0.251 e. The first kappa shape index (κ1) is 26.1. The molecular weight excluding hydrogens is 523 g/mol. The predicted octanol–water partition coefficient (Wildman–Crippen LogP) is 3.41. The highest BCUT2D eigenvalue weighted by Crippen LogP contribution is 2.10. The van der Waals surface area contributed by atoms with Gasteiger partial charge >= 0.3 is 0 Å². The fourth-order valence-electron chi connectivity index (χ4n) is 2.44. The first-order valence-corrected chi connectivity index (χ1v) is 9.87. The lowest BCUT2D eigenvalue weighted by atomic mass is 10.0. The fraction of sp³-hybridized carbons (Fsp3) is 0.579. The Hall–Kier alpha value is -0.870. The van der Waals surface area contributed by atoms with Gasteiger partial charge in [0.15, 0.2) is 5.96 Å². The Balaban J connectivity index is 0.00000676. The molecule has 0 saturated heterocycles. The molecule has 0 bridgehead atoms. The maximum absolute atomic E-state index is 12.0. The number of guanidine groups is 1. The van der Waals surface area contributed by atoms with E-state index in [1.54, 1.807) is 19.2 Å². The molecule has 0 fully saturated rings. The Morgan fingerprint density at radius 1 is 1.11 bits per heavy atom. The van der Waals surface area contributed by atoms with Gasteiger partial charge in [-0.3, -0.25) is 9.79 Å². The van der Waals surface area contributed by atoms with Crippen LogP contribution in [0.5, 0.6) is 0 Å². The van der Waals surface area contributed by atoms with Crippen molar-refractivity contribution in [2.75, 3.05) is 33.3 Å². The van der Waals surface area contributed by atoms with Gasteiger partial charge in [0.2, 0.25) is 0 Å². The molecule has 3 N–H and O–H groups in total.